The number of Topliss-reactive ketones (excluding diaryl/α,β-unsaturated/α-hetero) is 1. The highest BCUT2D eigenvalue weighted by Crippen LogP contribution is 2.30. The third-order valence-electron chi connectivity index (χ3n) is 4.06. The van der Waals surface area contributed by atoms with Crippen molar-refractivity contribution in [2.75, 3.05) is 11.1 Å². The summed E-state index contributed by atoms with van der Waals surface area (Å²) in [5, 5.41) is 21.8. The maximum atomic E-state index is 12.3. The van der Waals surface area contributed by atoms with E-state index in [9.17, 15) is 14.7 Å². The van der Waals surface area contributed by atoms with Gasteiger partial charge in [-0.2, -0.15) is 0 Å². The van der Waals surface area contributed by atoms with E-state index < -0.39 is 0 Å². The Morgan fingerprint density at radius 1 is 1.21 bits per heavy atom. The summed E-state index contributed by atoms with van der Waals surface area (Å²) in [4.78, 5) is 23.8. The molecule has 3 aromatic rings. The summed E-state index contributed by atoms with van der Waals surface area (Å²) in [6.45, 7) is 5.66. The van der Waals surface area contributed by atoms with Crippen LogP contribution in [-0.2, 0) is 11.3 Å². The molecule has 0 atom stereocenters. The van der Waals surface area contributed by atoms with Gasteiger partial charge in [0, 0.05) is 17.8 Å². The Kier molecular flexibility index (Phi) is 6.46. The molecule has 0 aliphatic rings. The number of ketones is 1. The molecule has 1 aromatic heterocycles. The molecule has 7 nitrogen and oxygen atoms in total. The van der Waals surface area contributed by atoms with Gasteiger partial charge in [-0.1, -0.05) is 42.1 Å². The summed E-state index contributed by atoms with van der Waals surface area (Å²) in [7, 11) is 0. The van der Waals surface area contributed by atoms with Crippen LogP contribution in [0.15, 0.2) is 66.3 Å². The van der Waals surface area contributed by atoms with Crippen LogP contribution < -0.4 is 5.32 Å². The number of para-hydroxylation sites is 1. The van der Waals surface area contributed by atoms with Gasteiger partial charge in [0.05, 0.1) is 11.3 Å². The molecule has 29 heavy (non-hydrogen) atoms. The number of carbonyl (C=O) groups is 2. The van der Waals surface area contributed by atoms with E-state index in [0.29, 0.717) is 34.3 Å². The predicted molar refractivity (Wildman–Crippen MR) is 113 cm³/mol. The van der Waals surface area contributed by atoms with E-state index in [1.807, 2.05) is 0 Å². The number of allylic oxidation sites excluding steroid dienone is 1. The first kappa shape index (κ1) is 20.3. The molecular formula is C21H20N4O3S. The molecule has 2 aromatic carbocycles. The van der Waals surface area contributed by atoms with Gasteiger partial charge in [0.25, 0.3) is 0 Å². The Hall–Kier alpha value is -3.39. The summed E-state index contributed by atoms with van der Waals surface area (Å²) in [5.41, 5.74) is 1.65. The third kappa shape index (κ3) is 4.91. The first-order chi connectivity index (χ1) is 14.0. The Morgan fingerprint density at radius 3 is 2.72 bits per heavy atom. The second-order valence-corrected chi connectivity index (χ2v) is 7.14. The maximum absolute atomic E-state index is 12.3. The summed E-state index contributed by atoms with van der Waals surface area (Å²) < 4.78 is 1.79. The lowest BCUT2D eigenvalue weighted by molar-refractivity contribution is -0.113. The second-order valence-electron chi connectivity index (χ2n) is 6.20. The second kappa shape index (κ2) is 9.20. The number of rotatable bonds is 8. The first-order valence-corrected chi connectivity index (χ1v) is 9.84. The van der Waals surface area contributed by atoms with Crippen LogP contribution in [-0.4, -0.2) is 37.3 Å². The van der Waals surface area contributed by atoms with Crippen LogP contribution in [0, 0.1) is 0 Å². The summed E-state index contributed by atoms with van der Waals surface area (Å²) in [6, 6.07) is 13.7. The number of aromatic hydroxyl groups is 1. The standard InChI is InChI=1S/C21H20N4O3S/c1-3-11-25-20(17-9-4-5-10-18(17)27)23-24-21(25)29-13-19(28)22-16-8-6-7-15(12-16)14(2)26/h3-10,12,27H,1,11,13H2,2H3,(H,22,28). The lowest BCUT2D eigenvalue weighted by atomic mass is 10.1. The first-order valence-electron chi connectivity index (χ1n) is 8.85. The summed E-state index contributed by atoms with van der Waals surface area (Å²) in [6.07, 6.45) is 1.70. The molecule has 1 amide bonds. The number of nitrogens with one attached hydrogen (secondary N) is 1. The van der Waals surface area contributed by atoms with Crippen molar-refractivity contribution in [3.8, 4) is 17.1 Å². The molecule has 0 bridgehead atoms. The zero-order chi connectivity index (χ0) is 20.8. The zero-order valence-electron chi connectivity index (χ0n) is 15.8. The van der Waals surface area contributed by atoms with Crippen molar-refractivity contribution in [1.82, 2.24) is 14.8 Å². The summed E-state index contributed by atoms with van der Waals surface area (Å²) in [5.74, 6) is 0.419. The van der Waals surface area contributed by atoms with Gasteiger partial charge in [-0.3, -0.25) is 14.2 Å². The average molecular weight is 408 g/mol. The number of phenols is 1. The maximum Gasteiger partial charge on any atom is 0.234 e. The van der Waals surface area contributed by atoms with E-state index >= 15 is 0 Å². The average Bonchev–Trinajstić information content (AvgIpc) is 3.10. The van der Waals surface area contributed by atoms with Crippen LogP contribution in [0.1, 0.15) is 17.3 Å². The number of benzene rings is 2. The minimum absolute atomic E-state index is 0.0651. The number of anilines is 1. The fourth-order valence-corrected chi connectivity index (χ4v) is 3.44. The highest BCUT2D eigenvalue weighted by Gasteiger charge is 2.17. The van der Waals surface area contributed by atoms with Crippen LogP contribution in [0.5, 0.6) is 5.75 Å². The van der Waals surface area contributed by atoms with Crippen LogP contribution in [0.25, 0.3) is 11.4 Å². The van der Waals surface area contributed by atoms with Crippen LogP contribution >= 0.6 is 11.8 Å². The van der Waals surface area contributed by atoms with Gasteiger partial charge in [0.1, 0.15) is 5.75 Å². The van der Waals surface area contributed by atoms with Crippen molar-refractivity contribution in [3.05, 3.63) is 66.7 Å². The number of aromatic nitrogens is 3. The molecule has 0 radical (unpaired) electrons. The molecule has 0 saturated heterocycles. The van der Waals surface area contributed by atoms with Crippen molar-refractivity contribution in [2.45, 2.75) is 18.6 Å². The smallest absolute Gasteiger partial charge is 0.234 e. The molecule has 0 fully saturated rings. The molecular weight excluding hydrogens is 388 g/mol. The fraction of sp³-hybridized carbons (Fsp3) is 0.143. The van der Waals surface area contributed by atoms with E-state index in [0.717, 1.165) is 0 Å². The normalized spacial score (nSPS) is 10.5. The molecule has 8 heteroatoms. The Bertz CT molecular complexity index is 1060. The fourth-order valence-electron chi connectivity index (χ4n) is 2.69. The minimum Gasteiger partial charge on any atom is -0.507 e. The van der Waals surface area contributed by atoms with Gasteiger partial charge in [-0.25, -0.2) is 0 Å². The quantitative estimate of drug-likeness (QED) is 0.335. The Morgan fingerprint density at radius 2 is 2.00 bits per heavy atom. The van der Waals surface area contributed by atoms with Crippen LogP contribution in [0.3, 0.4) is 0 Å². The molecule has 0 unspecified atom stereocenters. The van der Waals surface area contributed by atoms with Crippen molar-refractivity contribution >= 4 is 29.1 Å². The number of hydrogen-bond donors (Lipinski definition) is 2. The lowest BCUT2D eigenvalue weighted by Crippen LogP contribution is -2.15. The monoisotopic (exact) mass is 408 g/mol. The molecule has 148 valence electrons. The van der Waals surface area contributed by atoms with Crippen LogP contribution in [0.2, 0.25) is 0 Å². The van der Waals surface area contributed by atoms with Gasteiger partial charge >= 0.3 is 0 Å². The van der Waals surface area contributed by atoms with E-state index in [1.54, 1.807) is 59.2 Å². The van der Waals surface area contributed by atoms with Gasteiger partial charge in [-0.15, -0.1) is 16.8 Å². The molecule has 0 aliphatic heterocycles. The molecule has 3 rings (SSSR count). The molecule has 2 N–H and O–H groups in total. The number of thioether (sulfide) groups is 1. The largest absolute Gasteiger partial charge is 0.507 e. The molecule has 1 heterocycles. The van der Waals surface area contributed by atoms with Gasteiger partial charge in [-0.05, 0) is 31.2 Å². The molecule has 0 saturated carbocycles. The third-order valence-corrected chi connectivity index (χ3v) is 5.03. The van der Waals surface area contributed by atoms with Crippen molar-refractivity contribution in [3.63, 3.8) is 0 Å². The van der Waals surface area contributed by atoms with Crippen LogP contribution in [0.4, 0.5) is 5.69 Å². The number of hydrogen-bond acceptors (Lipinski definition) is 6. The Balaban J connectivity index is 1.73. The minimum atomic E-state index is -0.229. The molecule has 0 spiro atoms. The van der Waals surface area contributed by atoms with Gasteiger partial charge in [0.2, 0.25) is 5.91 Å². The summed E-state index contributed by atoms with van der Waals surface area (Å²) >= 11 is 1.23. The van der Waals surface area contributed by atoms with E-state index in [-0.39, 0.29) is 23.2 Å². The van der Waals surface area contributed by atoms with Gasteiger partial charge in [0.15, 0.2) is 16.8 Å². The number of nitrogens with zero attached hydrogens (tertiary/aromatic N) is 3. The van der Waals surface area contributed by atoms with E-state index in [1.165, 1.54) is 18.7 Å². The van der Waals surface area contributed by atoms with Gasteiger partial charge < -0.3 is 10.4 Å². The predicted octanol–water partition coefficient (Wildman–Crippen LogP) is 3.77. The van der Waals surface area contributed by atoms with Crippen molar-refractivity contribution in [1.29, 1.82) is 0 Å². The highest BCUT2D eigenvalue weighted by atomic mass is 32.2. The number of amides is 1. The topological polar surface area (TPSA) is 97.1 Å². The SMILES string of the molecule is C=CCn1c(SCC(=O)Nc2cccc(C(C)=O)c2)nnc1-c1ccccc1O. The highest BCUT2D eigenvalue weighted by molar-refractivity contribution is 7.99. The Labute approximate surface area is 172 Å². The van der Waals surface area contributed by atoms with Crippen molar-refractivity contribution < 1.29 is 14.7 Å². The molecule has 0 aliphatic carbocycles. The lowest BCUT2D eigenvalue weighted by Gasteiger charge is -2.09. The van der Waals surface area contributed by atoms with E-state index in [2.05, 4.69) is 22.1 Å². The number of carbonyl (C=O) groups excluding carboxylic acids is 2. The van der Waals surface area contributed by atoms with Crippen molar-refractivity contribution in [2.24, 2.45) is 0 Å². The zero-order valence-corrected chi connectivity index (χ0v) is 16.6. The number of phenolic OH excluding ortho intramolecular Hbond substituents is 1. The van der Waals surface area contributed by atoms with E-state index in [4.69, 9.17) is 0 Å².